The second-order valence-corrected chi connectivity index (χ2v) is 7.40. The van der Waals surface area contributed by atoms with Gasteiger partial charge in [0.2, 0.25) is 5.91 Å². The number of nitrogens with zero attached hydrogens (tertiary/aromatic N) is 2. The summed E-state index contributed by atoms with van der Waals surface area (Å²) in [6, 6.07) is 14.3. The lowest BCUT2D eigenvalue weighted by atomic mass is 10.1. The van der Waals surface area contributed by atoms with Crippen molar-refractivity contribution in [3.63, 3.8) is 0 Å². The minimum Gasteiger partial charge on any atom is -0.497 e. The number of methoxy groups -OCH3 is 2. The van der Waals surface area contributed by atoms with Crippen molar-refractivity contribution in [2.24, 2.45) is 0 Å². The van der Waals surface area contributed by atoms with Gasteiger partial charge in [0.05, 0.1) is 25.8 Å². The maximum absolute atomic E-state index is 12.7. The summed E-state index contributed by atoms with van der Waals surface area (Å²) in [6.45, 7) is 2.26. The van der Waals surface area contributed by atoms with Crippen molar-refractivity contribution >= 4 is 23.3 Å². The zero-order valence-electron chi connectivity index (χ0n) is 17.6. The van der Waals surface area contributed by atoms with Gasteiger partial charge in [0.25, 0.3) is 5.91 Å². The van der Waals surface area contributed by atoms with Crippen LogP contribution in [0.1, 0.15) is 23.7 Å². The molecule has 0 saturated carbocycles. The minimum absolute atomic E-state index is 0.0249. The molecule has 1 aromatic heterocycles. The van der Waals surface area contributed by atoms with Crippen LogP contribution in [0.3, 0.4) is 0 Å². The number of fused-ring (bicyclic) bond motifs is 1. The third-order valence-electron chi connectivity index (χ3n) is 5.20. The molecule has 8 nitrogen and oxygen atoms in total. The Labute approximate surface area is 180 Å². The number of carbonyl (C=O) groups is 2. The van der Waals surface area contributed by atoms with E-state index in [9.17, 15) is 9.59 Å². The smallest absolute Gasteiger partial charge is 0.251 e. The van der Waals surface area contributed by atoms with Crippen LogP contribution in [0.4, 0.5) is 11.5 Å². The molecule has 2 heterocycles. The van der Waals surface area contributed by atoms with E-state index >= 15 is 0 Å². The Hall–Kier alpha value is -3.65. The Morgan fingerprint density at radius 2 is 1.84 bits per heavy atom. The Balaban J connectivity index is 1.61. The van der Waals surface area contributed by atoms with Crippen molar-refractivity contribution in [3.05, 3.63) is 59.8 Å². The minimum atomic E-state index is -0.733. The number of hydrogen-bond acceptors (Lipinski definition) is 5. The van der Waals surface area contributed by atoms with Gasteiger partial charge in [-0.1, -0.05) is 29.8 Å². The molecule has 8 heteroatoms. The SMILES string of the molecule is COCc1nn2c(c1-c1ccc(OC)cc1)NC(=O)C2CC(=O)Nc1ccc(C)cc1. The lowest BCUT2D eigenvalue weighted by Crippen LogP contribution is -2.24. The third kappa shape index (κ3) is 4.15. The number of nitrogens with one attached hydrogen (secondary N) is 2. The topological polar surface area (TPSA) is 94.5 Å². The zero-order chi connectivity index (χ0) is 22.0. The Morgan fingerprint density at radius 3 is 2.48 bits per heavy atom. The first-order valence-corrected chi connectivity index (χ1v) is 9.92. The fourth-order valence-electron chi connectivity index (χ4n) is 3.64. The van der Waals surface area contributed by atoms with Gasteiger partial charge in [0.15, 0.2) is 0 Å². The van der Waals surface area contributed by atoms with E-state index in [1.807, 2.05) is 55.5 Å². The number of carbonyl (C=O) groups excluding carboxylic acids is 2. The van der Waals surface area contributed by atoms with E-state index in [4.69, 9.17) is 9.47 Å². The average Bonchev–Trinajstić information content (AvgIpc) is 3.25. The molecule has 3 aromatic rings. The summed E-state index contributed by atoms with van der Waals surface area (Å²) in [4.78, 5) is 25.3. The van der Waals surface area contributed by atoms with Gasteiger partial charge in [-0.05, 0) is 36.8 Å². The van der Waals surface area contributed by atoms with Crippen molar-refractivity contribution in [1.82, 2.24) is 9.78 Å². The predicted molar refractivity (Wildman–Crippen MR) is 117 cm³/mol. The number of ether oxygens (including phenoxy) is 2. The molecule has 160 valence electrons. The first-order valence-electron chi connectivity index (χ1n) is 9.92. The van der Waals surface area contributed by atoms with E-state index in [0.717, 1.165) is 22.4 Å². The maximum Gasteiger partial charge on any atom is 0.251 e. The number of benzene rings is 2. The number of anilines is 2. The van der Waals surface area contributed by atoms with Gasteiger partial charge < -0.3 is 20.1 Å². The quantitative estimate of drug-likeness (QED) is 0.610. The maximum atomic E-state index is 12.7. The van der Waals surface area contributed by atoms with Crippen molar-refractivity contribution < 1.29 is 19.1 Å². The molecule has 31 heavy (non-hydrogen) atoms. The van der Waals surface area contributed by atoms with Gasteiger partial charge in [-0.25, -0.2) is 4.68 Å². The van der Waals surface area contributed by atoms with Crippen LogP contribution in [-0.2, 0) is 20.9 Å². The van der Waals surface area contributed by atoms with Crippen LogP contribution < -0.4 is 15.4 Å². The molecule has 0 spiro atoms. The largest absolute Gasteiger partial charge is 0.497 e. The lowest BCUT2D eigenvalue weighted by Gasteiger charge is -2.10. The molecule has 0 aliphatic carbocycles. The standard InChI is InChI=1S/C23H24N4O4/c1-14-4-8-16(9-5-14)24-20(28)12-19-23(29)25-22-21(18(13-30-2)26-27(19)22)15-6-10-17(31-3)11-7-15/h4-11,19H,12-13H2,1-3H3,(H,24,28)(H,25,29). The molecular weight excluding hydrogens is 396 g/mol. The molecule has 2 N–H and O–H groups in total. The van der Waals surface area contributed by atoms with E-state index in [1.54, 1.807) is 18.9 Å². The normalized spacial score (nSPS) is 14.8. The van der Waals surface area contributed by atoms with Crippen molar-refractivity contribution in [3.8, 4) is 16.9 Å². The molecule has 4 rings (SSSR count). The number of hydrogen-bond donors (Lipinski definition) is 2. The summed E-state index contributed by atoms with van der Waals surface area (Å²) in [5.41, 5.74) is 4.13. The van der Waals surface area contributed by atoms with Crippen molar-refractivity contribution in [2.75, 3.05) is 24.9 Å². The first-order chi connectivity index (χ1) is 15.0. The van der Waals surface area contributed by atoms with E-state index in [1.165, 1.54) is 0 Å². The molecule has 2 aromatic carbocycles. The number of rotatable bonds is 7. The van der Waals surface area contributed by atoms with Crippen molar-refractivity contribution in [1.29, 1.82) is 0 Å². The van der Waals surface area contributed by atoms with E-state index in [0.29, 0.717) is 17.2 Å². The molecule has 1 unspecified atom stereocenters. The summed E-state index contributed by atoms with van der Waals surface area (Å²) in [6.07, 6.45) is -0.0249. The van der Waals surface area contributed by atoms with Crippen LogP contribution >= 0.6 is 0 Å². The summed E-state index contributed by atoms with van der Waals surface area (Å²) in [5.74, 6) is 0.776. The van der Waals surface area contributed by atoms with E-state index < -0.39 is 6.04 Å². The summed E-state index contributed by atoms with van der Waals surface area (Å²) < 4.78 is 12.1. The molecule has 0 saturated heterocycles. The third-order valence-corrected chi connectivity index (χ3v) is 5.20. The van der Waals surface area contributed by atoms with Crippen LogP contribution in [-0.4, -0.2) is 35.8 Å². The Bertz CT molecular complexity index is 1100. The van der Waals surface area contributed by atoms with E-state index in [2.05, 4.69) is 15.7 Å². The monoisotopic (exact) mass is 420 g/mol. The van der Waals surface area contributed by atoms with Gasteiger partial charge in [0.1, 0.15) is 17.6 Å². The average molecular weight is 420 g/mol. The summed E-state index contributed by atoms with van der Waals surface area (Å²) in [5, 5.41) is 10.3. The van der Waals surface area contributed by atoms with Crippen LogP contribution in [0.2, 0.25) is 0 Å². The van der Waals surface area contributed by atoms with Gasteiger partial charge in [-0.2, -0.15) is 5.10 Å². The molecule has 0 fully saturated rings. The van der Waals surface area contributed by atoms with Gasteiger partial charge in [0, 0.05) is 18.4 Å². The fourth-order valence-corrected chi connectivity index (χ4v) is 3.64. The first kappa shape index (κ1) is 20.6. The van der Waals surface area contributed by atoms with E-state index in [-0.39, 0.29) is 24.8 Å². The molecule has 1 atom stereocenters. The highest BCUT2D eigenvalue weighted by molar-refractivity contribution is 6.04. The van der Waals surface area contributed by atoms with Crippen LogP contribution in [0.5, 0.6) is 5.75 Å². The molecular formula is C23H24N4O4. The van der Waals surface area contributed by atoms with Crippen LogP contribution in [0.25, 0.3) is 11.1 Å². The number of aryl methyl sites for hydroxylation is 1. The van der Waals surface area contributed by atoms with Crippen LogP contribution in [0, 0.1) is 6.92 Å². The number of aromatic nitrogens is 2. The lowest BCUT2D eigenvalue weighted by molar-refractivity contribution is -0.123. The summed E-state index contributed by atoms with van der Waals surface area (Å²) in [7, 11) is 3.20. The second kappa shape index (κ2) is 8.61. The Kier molecular flexibility index (Phi) is 5.73. The molecule has 0 radical (unpaired) electrons. The number of amides is 2. The van der Waals surface area contributed by atoms with Crippen molar-refractivity contribution in [2.45, 2.75) is 26.0 Å². The highest BCUT2D eigenvalue weighted by Gasteiger charge is 2.37. The highest BCUT2D eigenvalue weighted by Crippen LogP contribution is 2.39. The van der Waals surface area contributed by atoms with Gasteiger partial charge in [-0.3, -0.25) is 9.59 Å². The van der Waals surface area contributed by atoms with Gasteiger partial charge >= 0.3 is 0 Å². The summed E-state index contributed by atoms with van der Waals surface area (Å²) >= 11 is 0. The predicted octanol–water partition coefficient (Wildman–Crippen LogP) is 3.54. The van der Waals surface area contributed by atoms with Crippen LogP contribution in [0.15, 0.2) is 48.5 Å². The molecule has 1 aliphatic heterocycles. The Morgan fingerprint density at radius 1 is 1.13 bits per heavy atom. The highest BCUT2D eigenvalue weighted by atomic mass is 16.5. The molecule has 0 bridgehead atoms. The van der Waals surface area contributed by atoms with Gasteiger partial charge in [-0.15, -0.1) is 0 Å². The zero-order valence-corrected chi connectivity index (χ0v) is 17.6. The fraction of sp³-hybridized carbons (Fsp3) is 0.261. The molecule has 2 amide bonds. The molecule has 1 aliphatic rings. The second-order valence-electron chi connectivity index (χ2n) is 7.40.